The Bertz CT molecular complexity index is 521. The Balaban J connectivity index is 1.83. The van der Waals surface area contributed by atoms with E-state index in [1.54, 1.807) is 0 Å². The lowest BCUT2D eigenvalue weighted by Gasteiger charge is -2.37. The van der Waals surface area contributed by atoms with Crippen molar-refractivity contribution in [1.29, 1.82) is 0 Å². The van der Waals surface area contributed by atoms with Crippen LogP contribution in [0.25, 0.3) is 0 Å². The molecule has 0 aromatic carbocycles. The van der Waals surface area contributed by atoms with Gasteiger partial charge in [-0.1, -0.05) is 12.8 Å². The third-order valence-corrected chi connectivity index (χ3v) is 5.19. The summed E-state index contributed by atoms with van der Waals surface area (Å²) < 4.78 is 11.7. The molecule has 0 radical (unpaired) electrons. The van der Waals surface area contributed by atoms with Crippen LogP contribution in [0, 0.1) is 26.7 Å². The number of furan rings is 1. The van der Waals surface area contributed by atoms with Crippen LogP contribution in [-0.2, 0) is 4.74 Å². The Kier molecular flexibility index (Phi) is 3.49. The highest BCUT2D eigenvalue weighted by Gasteiger charge is 2.42. The fourth-order valence-corrected chi connectivity index (χ4v) is 3.98. The maximum absolute atomic E-state index is 12.9. The molecule has 1 aromatic heterocycles. The molecule has 1 spiro atoms. The summed E-state index contributed by atoms with van der Waals surface area (Å²) in [7, 11) is 0. The number of carbonyl (C=O) groups is 1. The van der Waals surface area contributed by atoms with Crippen molar-refractivity contribution < 1.29 is 13.9 Å². The highest BCUT2D eigenvalue weighted by molar-refractivity contribution is 6.00. The van der Waals surface area contributed by atoms with Crippen LogP contribution in [0.2, 0.25) is 0 Å². The summed E-state index contributed by atoms with van der Waals surface area (Å²) in [5.41, 5.74) is 1.83. The first kappa shape index (κ1) is 13.9. The first-order valence-electron chi connectivity index (χ1n) is 7.77. The molecule has 0 amide bonds. The molecule has 0 bridgehead atoms. The van der Waals surface area contributed by atoms with Gasteiger partial charge in [-0.2, -0.15) is 0 Å². The molecule has 1 saturated heterocycles. The van der Waals surface area contributed by atoms with Gasteiger partial charge in [0.1, 0.15) is 11.5 Å². The summed E-state index contributed by atoms with van der Waals surface area (Å²) in [5, 5.41) is 0. The topological polar surface area (TPSA) is 39.4 Å². The van der Waals surface area contributed by atoms with E-state index in [0.717, 1.165) is 54.9 Å². The smallest absolute Gasteiger partial charge is 0.169 e. The molecular weight excluding hydrogens is 252 g/mol. The lowest BCUT2D eigenvalue weighted by atomic mass is 9.80. The van der Waals surface area contributed by atoms with Crippen molar-refractivity contribution in [3.05, 3.63) is 22.6 Å². The quantitative estimate of drug-likeness (QED) is 0.762. The molecule has 2 heterocycles. The van der Waals surface area contributed by atoms with Crippen molar-refractivity contribution in [2.45, 2.75) is 64.9 Å². The van der Waals surface area contributed by atoms with E-state index >= 15 is 0 Å². The van der Waals surface area contributed by atoms with Crippen LogP contribution in [0.15, 0.2) is 4.42 Å². The zero-order valence-electron chi connectivity index (χ0n) is 12.8. The normalized spacial score (nSPS) is 25.2. The van der Waals surface area contributed by atoms with Gasteiger partial charge in [0, 0.05) is 18.1 Å². The SMILES string of the molecule is Cc1oc(C)c(C(=O)C2CCOC3(CCCC3)C2)c1C. The maximum Gasteiger partial charge on any atom is 0.169 e. The number of Topliss-reactive ketones (excluding diaryl/α,β-unsaturated/α-hetero) is 1. The molecule has 1 aliphatic carbocycles. The van der Waals surface area contributed by atoms with Gasteiger partial charge in [0.2, 0.25) is 0 Å². The number of aryl methyl sites for hydroxylation is 2. The molecule has 3 nitrogen and oxygen atoms in total. The fourth-order valence-electron chi connectivity index (χ4n) is 3.98. The van der Waals surface area contributed by atoms with Crippen LogP contribution in [0.3, 0.4) is 0 Å². The van der Waals surface area contributed by atoms with Gasteiger partial charge in [-0.15, -0.1) is 0 Å². The molecule has 1 saturated carbocycles. The average molecular weight is 276 g/mol. The number of carbonyl (C=O) groups excluding carboxylic acids is 1. The van der Waals surface area contributed by atoms with Crippen molar-refractivity contribution in [2.75, 3.05) is 6.61 Å². The van der Waals surface area contributed by atoms with Gasteiger partial charge < -0.3 is 9.15 Å². The zero-order valence-corrected chi connectivity index (χ0v) is 12.8. The molecule has 2 aliphatic rings. The molecule has 0 N–H and O–H groups in total. The Morgan fingerprint density at radius 3 is 2.45 bits per heavy atom. The van der Waals surface area contributed by atoms with Gasteiger partial charge in [0.15, 0.2) is 5.78 Å². The van der Waals surface area contributed by atoms with Crippen LogP contribution in [0.4, 0.5) is 0 Å². The number of ether oxygens (including phenoxy) is 1. The average Bonchev–Trinajstić information content (AvgIpc) is 2.95. The standard InChI is InChI=1S/C17H24O3/c1-11-12(2)20-13(3)15(11)16(18)14-6-9-19-17(10-14)7-4-5-8-17/h14H,4-10H2,1-3H3. The van der Waals surface area contributed by atoms with E-state index in [2.05, 4.69) is 0 Å². The van der Waals surface area contributed by atoms with E-state index in [-0.39, 0.29) is 17.3 Å². The zero-order chi connectivity index (χ0) is 14.3. The summed E-state index contributed by atoms with van der Waals surface area (Å²) in [6, 6.07) is 0. The van der Waals surface area contributed by atoms with E-state index in [0.29, 0.717) is 0 Å². The van der Waals surface area contributed by atoms with Gasteiger partial charge in [-0.05, 0) is 46.5 Å². The molecule has 3 heteroatoms. The first-order valence-corrected chi connectivity index (χ1v) is 7.77. The van der Waals surface area contributed by atoms with E-state index in [1.165, 1.54) is 12.8 Å². The van der Waals surface area contributed by atoms with E-state index in [1.807, 2.05) is 20.8 Å². The Morgan fingerprint density at radius 1 is 1.15 bits per heavy atom. The third kappa shape index (κ3) is 2.22. The minimum Gasteiger partial charge on any atom is -0.466 e. The number of ketones is 1. The van der Waals surface area contributed by atoms with E-state index < -0.39 is 0 Å². The van der Waals surface area contributed by atoms with Gasteiger partial charge in [0.25, 0.3) is 0 Å². The fraction of sp³-hybridized carbons (Fsp3) is 0.706. The van der Waals surface area contributed by atoms with Crippen molar-refractivity contribution in [2.24, 2.45) is 5.92 Å². The minimum absolute atomic E-state index is 0.000827. The van der Waals surface area contributed by atoms with Crippen LogP contribution in [0.1, 0.15) is 66.0 Å². The summed E-state index contributed by atoms with van der Waals surface area (Å²) >= 11 is 0. The molecule has 1 atom stereocenters. The van der Waals surface area contributed by atoms with E-state index in [9.17, 15) is 4.79 Å². The molecular formula is C17H24O3. The Hall–Kier alpha value is -1.09. The number of rotatable bonds is 2. The highest BCUT2D eigenvalue weighted by atomic mass is 16.5. The van der Waals surface area contributed by atoms with Crippen LogP contribution < -0.4 is 0 Å². The molecule has 2 fully saturated rings. The van der Waals surface area contributed by atoms with Crippen LogP contribution >= 0.6 is 0 Å². The summed E-state index contributed by atoms with van der Waals surface area (Å²) in [5.74, 6) is 2.02. The summed E-state index contributed by atoms with van der Waals surface area (Å²) in [6.07, 6.45) is 6.48. The van der Waals surface area contributed by atoms with Gasteiger partial charge >= 0.3 is 0 Å². The summed E-state index contributed by atoms with van der Waals surface area (Å²) in [4.78, 5) is 12.9. The second kappa shape index (κ2) is 5.03. The van der Waals surface area contributed by atoms with Gasteiger partial charge in [0.05, 0.1) is 11.2 Å². The Labute approximate surface area is 120 Å². The third-order valence-electron chi connectivity index (χ3n) is 5.19. The summed E-state index contributed by atoms with van der Waals surface area (Å²) in [6.45, 7) is 6.55. The number of hydrogen-bond acceptors (Lipinski definition) is 3. The van der Waals surface area contributed by atoms with Crippen molar-refractivity contribution >= 4 is 5.78 Å². The predicted octanol–water partition coefficient (Wildman–Crippen LogP) is 4.13. The predicted molar refractivity (Wildman–Crippen MR) is 77.1 cm³/mol. The minimum atomic E-state index is -0.000827. The molecule has 1 aromatic rings. The highest BCUT2D eigenvalue weighted by Crippen LogP contribution is 2.43. The second-order valence-electron chi connectivity index (χ2n) is 6.51. The van der Waals surface area contributed by atoms with Crippen molar-refractivity contribution in [1.82, 2.24) is 0 Å². The molecule has 20 heavy (non-hydrogen) atoms. The van der Waals surface area contributed by atoms with Crippen molar-refractivity contribution in [3.8, 4) is 0 Å². The lowest BCUT2D eigenvalue weighted by molar-refractivity contribution is -0.0866. The van der Waals surface area contributed by atoms with Gasteiger partial charge in [-0.25, -0.2) is 0 Å². The molecule has 110 valence electrons. The van der Waals surface area contributed by atoms with Crippen molar-refractivity contribution in [3.63, 3.8) is 0 Å². The van der Waals surface area contributed by atoms with Gasteiger partial charge in [-0.3, -0.25) is 4.79 Å². The molecule has 1 aliphatic heterocycles. The number of hydrogen-bond donors (Lipinski definition) is 0. The first-order chi connectivity index (χ1) is 9.52. The van der Waals surface area contributed by atoms with E-state index in [4.69, 9.17) is 9.15 Å². The molecule has 1 unspecified atom stereocenters. The van der Waals surface area contributed by atoms with Crippen LogP contribution in [-0.4, -0.2) is 18.0 Å². The second-order valence-corrected chi connectivity index (χ2v) is 6.51. The maximum atomic E-state index is 12.9. The van der Waals surface area contributed by atoms with Crippen LogP contribution in [0.5, 0.6) is 0 Å². The molecule has 3 rings (SSSR count). The lowest BCUT2D eigenvalue weighted by Crippen LogP contribution is -2.40. The largest absolute Gasteiger partial charge is 0.466 e. The Morgan fingerprint density at radius 2 is 1.85 bits per heavy atom. The monoisotopic (exact) mass is 276 g/mol.